The van der Waals surface area contributed by atoms with Crippen molar-refractivity contribution in [2.45, 2.75) is 19.3 Å². The van der Waals surface area contributed by atoms with Crippen LogP contribution in [0.1, 0.15) is 27.9 Å². The van der Waals surface area contributed by atoms with Crippen molar-refractivity contribution in [1.82, 2.24) is 0 Å². The van der Waals surface area contributed by atoms with Gasteiger partial charge in [-0.1, -0.05) is 0 Å². The van der Waals surface area contributed by atoms with Crippen molar-refractivity contribution in [1.29, 1.82) is 0 Å². The van der Waals surface area contributed by atoms with E-state index in [4.69, 9.17) is 14.9 Å². The van der Waals surface area contributed by atoms with Gasteiger partial charge in [0, 0.05) is 28.6 Å². The van der Waals surface area contributed by atoms with Gasteiger partial charge in [-0.2, -0.15) is 0 Å². The number of nitrogens with zero attached hydrogens (tertiary/aromatic N) is 1. The van der Waals surface area contributed by atoms with E-state index < -0.39 is 10.8 Å². The quantitative estimate of drug-likeness (QED) is 0.429. The van der Waals surface area contributed by atoms with Crippen molar-refractivity contribution in [2.75, 3.05) is 0 Å². The smallest absolute Gasteiger partial charge is 0.339 e. The van der Waals surface area contributed by atoms with E-state index in [1.165, 1.54) is 18.2 Å². The minimum absolute atomic E-state index is 0.00845. The summed E-state index contributed by atoms with van der Waals surface area (Å²) in [6.07, 6.45) is 2.44. The summed E-state index contributed by atoms with van der Waals surface area (Å²) in [6, 6.07) is 8.68. The number of rotatable bonds is 4. The first-order valence-electron chi connectivity index (χ1n) is 8.29. The van der Waals surface area contributed by atoms with Gasteiger partial charge in [-0.05, 0) is 49.1 Å². The molecule has 0 unspecified atom stereocenters. The van der Waals surface area contributed by atoms with Gasteiger partial charge in [0.1, 0.15) is 11.3 Å². The second-order valence-corrected chi connectivity index (χ2v) is 6.26. The molecule has 0 radical (unpaired) electrons. The molecule has 2 aromatic carbocycles. The molecule has 8 heteroatoms. The lowest BCUT2D eigenvalue weighted by Gasteiger charge is -2.09. The molecule has 1 aliphatic carbocycles. The Morgan fingerprint density at radius 3 is 2.67 bits per heavy atom. The number of benzene rings is 2. The standard InChI is InChI=1S/C19H14N2O6/c20-18(22)10-4-7-16(15(8-10)21(24)25)26-11-5-6-13-12-2-1-3-14(12)19(23)27-17(13)9-11/h4-9H,1-3H2,(H2,20,22). The number of nitro groups is 1. The minimum atomic E-state index is -0.772. The Labute approximate surface area is 152 Å². The van der Waals surface area contributed by atoms with E-state index in [2.05, 4.69) is 0 Å². The number of carbonyl (C=O) groups excluding carboxylic acids is 1. The number of hydrogen-bond acceptors (Lipinski definition) is 6. The zero-order valence-corrected chi connectivity index (χ0v) is 14.1. The first-order valence-corrected chi connectivity index (χ1v) is 8.29. The number of amides is 1. The molecule has 0 saturated carbocycles. The molecule has 0 fully saturated rings. The molecule has 3 aromatic rings. The van der Waals surface area contributed by atoms with Crippen LogP contribution in [-0.2, 0) is 12.8 Å². The van der Waals surface area contributed by atoms with Crippen molar-refractivity contribution in [3.8, 4) is 11.5 Å². The van der Waals surface area contributed by atoms with Crippen LogP contribution >= 0.6 is 0 Å². The first kappa shape index (κ1) is 16.8. The number of aryl methyl sites for hydroxylation is 1. The Kier molecular flexibility index (Phi) is 3.88. The topological polar surface area (TPSA) is 126 Å². The van der Waals surface area contributed by atoms with Crippen LogP contribution in [0, 0.1) is 10.1 Å². The lowest BCUT2D eigenvalue weighted by Crippen LogP contribution is -2.11. The van der Waals surface area contributed by atoms with Crippen LogP contribution < -0.4 is 16.1 Å². The van der Waals surface area contributed by atoms with E-state index >= 15 is 0 Å². The highest BCUT2D eigenvalue weighted by Crippen LogP contribution is 2.35. The van der Waals surface area contributed by atoms with Crippen molar-refractivity contribution in [3.05, 3.63) is 73.6 Å². The molecule has 27 heavy (non-hydrogen) atoms. The molecule has 4 rings (SSSR count). The lowest BCUT2D eigenvalue weighted by atomic mass is 10.1. The second kappa shape index (κ2) is 6.24. The third-order valence-electron chi connectivity index (χ3n) is 4.61. The molecule has 1 heterocycles. The van der Waals surface area contributed by atoms with Crippen LogP contribution in [0.3, 0.4) is 0 Å². The Bertz CT molecular complexity index is 1160. The van der Waals surface area contributed by atoms with E-state index in [0.29, 0.717) is 17.6 Å². The fraction of sp³-hybridized carbons (Fsp3) is 0.158. The van der Waals surface area contributed by atoms with Gasteiger partial charge in [0.15, 0.2) is 0 Å². The monoisotopic (exact) mass is 366 g/mol. The lowest BCUT2D eigenvalue weighted by molar-refractivity contribution is -0.385. The van der Waals surface area contributed by atoms with Crippen molar-refractivity contribution < 1.29 is 18.9 Å². The first-order chi connectivity index (χ1) is 12.9. The number of carbonyl (C=O) groups is 1. The molecule has 136 valence electrons. The molecular formula is C19H14N2O6. The van der Waals surface area contributed by atoms with Gasteiger partial charge < -0.3 is 14.9 Å². The zero-order valence-electron chi connectivity index (χ0n) is 14.1. The predicted molar refractivity (Wildman–Crippen MR) is 96.2 cm³/mol. The maximum Gasteiger partial charge on any atom is 0.339 e. The molecule has 0 spiro atoms. The number of fused-ring (bicyclic) bond motifs is 3. The summed E-state index contributed by atoms with van der Waals surface area (Å²) in [5.74, 6) is -0.544. The molecule has 0 saturated heterocycles. The molecule has 1 amide bonds. The maximum atomic E-state index is 12.1. The van der Waals surface area contributed by atoms with Gasteiger partial charge >= 0.3 is 11.3 Å². The van der Waals surface area contributed by atoms with Crippen molar-refractivity contribution in [3.63, 3.8) is 0 Å². The fourth-order valence-corrected chi connectivity index (χ4v) is 3.35. The number of nitro benzene ring substituents is 1. The molecule has 1 aliphatic rings. The predicted octanol–water partition coefficient (Wildman–Crippen LogP) is 3.08. The number of hydrogen-bond donors (Lipinski definition) is 1. The second-order valence-electron chi connectivity index (χ2n) is 6.26. The Hall–Kier alpha value is -3.68. The molecule has 1 aromatic heterocycles. The summed E-state index contributed by atoms with van der Waals surface area (Å²) in [4.78, 5) is 34.0. The van der Waals surface area contributed by atoms with Crippen LogP contribution in [-0.4, -0.2) is 10.8 Å². The SMILES string of the molecule is NC(=O)c1ccc(Oc2ccc3c4c(c(=O)oc3c2)CCC4)c([N+](=O)[O-])c1. The summed E-state index contributed by atoms with van der Waals surface area (Å²) < 4.78 is 11.0. The molecular weight excluding hydrogens is 352 g/mol. The highest BCUT2D eigenvalue weighted by Gasteiger charge is 2.21. The van der Waals surface area contributed by atoms with Gasteiger partial charge in [0.05, 0.1) is 4.92 Å². The van der Waals surface area contributed by atoms with E-state index in [-0.39, 0.29) is 28.4 Å². The highest BCUT2D eigenvalue weighted by atomic mass is 16.6. The average molecular weight is 366 g/mol. The van der Waals surface area contributed by atoms with Gasteiger partial charge in [-0.3, -0.25) is 14.9 Å². The Balaban J connectivity index is 1.76. The normalized spacial score (nSPS) is 12.7. The van der Waals surface area contributed by atoms with Crippen LogP contribution in [0.4, 0.5) is 5.69 Å². The van der Waals surface area contributed by atoms with Gasteiger partial charge in [-0.15, -0.1) is 0 Å². The average Bonchev–Trinajstić information content (AvgIpc) is 3.12. The largest absolute Gasteiger partial charge is 0.450 e. The third-order valence-corrected chi connectivity index (χ3v) is 4.61. The van der Waals surface area contributed by atoms with E-state index in [0.717, 1.165) is 29.9 Å². The number of primary amides is 1. The van der Waals surface area contributed by atoms with Crippen LogP contribution in [0.2, 0.25) is 0 Å². The molecule has 0 aliphatic heterocycles. The Morgan fingerprint density at radius 2 is 1.93 bits per heavy atom. The molecule has 0 bridgehead atoms. The third kappa shape index (κ3) is 2.91. The zero-order chi connectivity index (χ0) is 19.1. The highest BCUT2D eigenvalue weighted by molar-refractivity contribution is 5.93. The summed E-state index contributed by atoms with van der Waals surface area (Å²) in [7, 11) is 0. The summed E-state index contributed by atoms with van der Waals surface area (Å²) in [5, 5.41) is 12.1. The molecule has 0 atom stereocenters. The van der Waals surface area contributed by atoms with Crippen molar-refractivity contribution >= 4 is 22.6 Å². The van der Waals surface area contributed by atoms with Gasteiger partial charge in [-0.25, -0.2) is 4.79 Å². The van der Waals surface area contributed by atoms with Crippen LogP contribution in [0.15, 0.2) is 45.6 Å². The summed E-state index contributed by atoms with van der Waals surface area (Å²) >= 11 is 0. The van der Waals surface area contributed by atoms with E-state index in [1.807, 2.05) is 0 Å². The number of ether oxygens (including phenoxy) is 1. The molecule has 8 nitrogen and oxygen atoms in total. The summed E-state index contributed by atoms with van der Waals surface area (Å²) in [5.41, 5.74) is 6.50. The van der Waals surface area contributed by atoms with E-state index in [1.54, 1.807) is 12.1 Å². The Morgan fingerprint density at radius 1 is 1.15 bits per heavy atom. The minimum Gasteiger partial charge on any atom is -0.450 e. The van der Waals surface area contributed by atoms with Gasteiger partial charge in [0.25, 0.3) is 0 Å². The summed E-state index contributed by atoms with van der Waals surface area (Å²) in [6.45, 7) is 0. The van der Waals surface area contributed by atoms with Crippen LogP contribution in [0.25, 0.3) is 11.0 Å². The maximum absolute atomic E-state index is 12.1. The van der Waals surface area contributed by atoms with Crippen LogP contribution in [0.5, 0.6) is 11.5 Å². The number of nitrogens with two attached hydrogens (primary N) is 1. The molecule has 2 N–H and O–H groups in total. The van der Waals surface area contributed by atoms with E-state index in [9.17, 15) is 19.7 Å². The van der Waals surface area contributed by atoms with Gasteiger partial charge in [0.2, 0.25) is 11.7 Å². The fourth-order valence-electron chi connectivity index (χ4n) is 3.35. The van der Waals surface area contributed by atoms with Crippen molar-refractivity contribution in [2.24, 2.45) is 5.73 Å².